The van der Waals surface area contributed by atoms with E-state index in [0.717, 1.165) is 48.7 Å². The van der Waals surface area contributed by atoms with Gasteiger partial charge in [0, 0.05) is 13.2 Å². The lowest BCUT2D eigenvalue weighted by Gasteiger charge is -2.45. The van der Waals surface area contributed by atoms with Crippen LogP contribution in [0.3, 0.4) is 0 Å². The monoisotopic (exact) mass is 1270 g/mol. The summed E-state index contributed by atoms with van der Waals surface area (Å²) < 4.78 is 45.1. The third kappa shape index (κ3) is 26.3. The zero-order chi connectivity index (χ0) is 61.3. The fourth-order valence-electron chi connectivity index (χ4n) is 11.6. The molecule has 0 saturated carbocycles. The van der Waals surface area contributed by atoms with Crippen LogP contribution < -0.4 is 0 Å². The number of aliphatic hydroxyl groups excluding tert-OH is 14. The Hall–Kier alpha value is 0.0369. The zero-order valence-corrected chi connectivity index (χ0v) is 53.2. The van der Waals surface area contributed by atoms with E-state index in [2.05, 4.69) is 13.5 Å². The molecule has 20 atom stereocenters. The Morgan fingerprint density at radius 3 is 0.976 bits per heavy atom. The molecule has 0 aromatic carbocycles. The highest BCUT2D eigenvalue weighted by molar-refractivity contribution is 7.99. The maximum absolute atomic E-state index is 10.9. The van der Waals surface area contributed by atoms with Crippen LogP contribution in [0.1, 0.15) is 161 Å². The van der Waals surface area contributed by atoms with Crippen molar-refractivity contribution in [3.63, 3.8) is 0 Å². The molecule has 0 spiro atoms. The third-order valence-corrected chi connectivity index (χ3v) is 24.1. The molecule has 498 valence electrons. The third-order valence-electron chi connectivity index (χ3n) is 17.1. The first-order valence-electron chi connectivity index (χ1n) is 32.1. The largest absolute Gasteiger partial charge is 0.394 e. The van der Waals surface area contributed by atoms with E-state index < -0.39 is 157 Å². The van der Waals surface area contributed by atoms with Gasteiger partial charge in [0.1, 0.15) is 97.7 Å². The Bertz CT molecular complexity index is 1530. The van der Waals surface area contributed by atoms with Crippen molar-refractivity contribution in [1.82, 2.24) is 0 Å². The van der Waals surface area contributed by atoms with Crippen LogP contribution in [0.25, 0.3) is 0 Å². The molecule has 0 amide bonds. The van der Waals surface area contributed by atoms with Gasteiger partial charge in [0.05, 0.1) is 34.5 Å². The quantitative estimate of drug-likeness (QED) is 0.0307. The Kier molecular flexibility index (Phi) is 39.8. The van der Waals surface area contributed by atoms with E-state index in [9.17, 15) is 71.5 Å². The molecule has 4 heterocycles. The van der Waals surface area contributed by atoms with Gasteiger partial charge in [0.15, 0.2) is 25.2 Å². The number of thioether (sulfide) groups is 2. The van der Waals surface area contributed by atoms with Crippen molar-refractivity contribution in [3.05, 3.63) is 0 Å². The molecule has 4 aliphatic rings. The average Bonchev–Trinajstić information content (AvgIpc) is 2.08. The standard InChI is InChI=1S/C59H114O22S2Si/c1-3-4-5-6-7-8-9-10-11-12-13-14-15-16-17-24-33-84(2,34-25-31-82-29-22-18-20-27-74-56-52(72)48(68)54(42(38-62)78-56)80-58-50(70)46(66)44(64)40(36-60)76-58)35-26-32-83-30-23-19-21-28-75-57-53(73)49(69)55(43(39-63)79-57)81-59-51(71)47(67)45(65)41(37-61)77-59/h40-73H,3-39H2,1-2H3/t40-,41-,42-,43-,44+,45+,46+,47+,48-,49-,50-,51-,52-,53-,54-,55-,56-,57-,58+,59+/m1/s1. The lowest BCUT2D eigenvalue weighted by molar-refractivity contribution is -0.359. The SMILES string of the molecule is CCCCCCCCCCCCCCCCCC[Si](C)(CCCSCCCCCO[C@@H]1O[C@H](CO)[C@@H](O[C@@H]2O[C@H](CO)[C@H](O)[C@H](O)[C@H]2O)[C@H](O)[C@H]1O)CCCSCCCCCO[C@@H]1O[C@H](CO)[C@@H](O[C@@H]2O[C@H](CO)[C@H](O)[C@H](O)[C@H]2O)[C@H](O)[C@H]1O. The lowest BCUT2D eigenvalue weighted by atomic mass is 9.97. The summed E-state index contributed by atoms with van der Waals surface area (Å²) in [5, 5.41) is 144. The Morgan fingerprint density at radius 2 is 0.619 bits per heavy atom. The number of hydrogen-bond donors (Lipinski definition) is 14. The molecular formula is C59H114O22S2Si. The van der Waals surface area contributed by atoms with Gasteiger partial charge in [0.2, 0.25) is 0 Å². The molecule has 0 aliphatic carbocycles. The van der Waals surface area contributed by atoms with Gasteiger partial charge >= 0.3 is 0 Å². The average molecular weight is 1270 g/mol. The highest BCUT2D eigenvalue weighted by Gasteiger charge is 2.52. The van der Waals surface area contributed by atoms with Crippen LogP contribution in [0, 0.1) is 0 Å². The summed E-state index contributed by atoms with van der Waals surface area (Å²) in [4.78, 5) is 0. The van der Waals surface area contributed by atoms with Crippen LogP contribution in [-0.2, 0) is 37.9 Å². The van der Waals surface area contributed by atoms with Crippen molar-refractivity contribution in [2.75, 3.05) is 62.7 Å². The number of hydrogen-bond acceptors (Lipinski definition) is 24. The molecule has 25 heteroatoms. The van der Waals surface area contributed by atoms with E-state index in [1.807, 2.05) is 23.5 Å². The summed E-state index contributed by atoms with van der Waals surface area (Å²) in [6, 6.07) is 4.04. The Labute approximate surface area is 510 Å². The molecule has 0 aromatic heterocycles. The molecular weight excluding hydrogens is 1150 g/mol. The predicted octanol–water partition coefficient (Wildman–Crippen LogP) is 3.20. The van der Waals surface area contributed by atoms with Crippen LogP contribution in [0.4, 0.5) is 0 Å². The van der Waals surface area contributed by atoms with E-state index in [4.69, 9.17) is 37.9 Å². The topological polar surface area (TPSA) is 357 Å². The Balaban J connectivity index is 1.10. The molecule has 84 heavy (non-hydrogen) atoms. The van der Waals surface area contributed by atoms with Crippen molar-refractivity contribution in [3.8, 4) is 0 Å². The van der Waals surface area contributed by atoms with E-state index in [1.54, 1.807) is 0 Å². The van der Waals surface area contributed by atoms with Crippen LogP contribution >= 0.6 is 23.5 Å². The van der Waals surface area contributed by atoms with Gasteiger partial charge in [-0.25, -0.2) is 0 Å². The van der Waals surface area contributed by atoms with E-state index in [0.29, 0.717) is 12.8 Å². The van der Waals surface area contributed by atoms with Gasteiger partial charge in [-0.05, 0) is 61.5 Å². The van der Waals surface area contributed by atoms with Gasteiger partial charge in [0.25, 0.3) is 0 Å². The number of ether oxygens (including phenoxy) is 8. The minimum absolute atomic E-state index is 0.260. The van der Waals surface area contributed by atoms with Crippen LogP contribution in [0.5, 0.6) is 0 Å². The second kappa shape index (κ2) is 43.7. The molecule has 0 radical (unpaired) electrons. The van der Waals surface area contributed by atoms with E-state index in [-0.39, 0.29) is 13.2 Å². The summed E-state index contributed by atoms with van der Waals surface area (Å²) in [5.74, 6) is 4.31. The summed E-state index contributed by atoms with van der Waals surface area (Å²) in [7, 11) is -1.45. The van der Waals surface area contributed by atoms with Crippen molar-refractivity contribution >= 4 is 31.6 Å². The summed E-state index contributed by atoms with van der Waals surface area (Å²) in [5.41, 5.74) is 0. The molecule has 4 fully saturated rings. The predicted molar refractivity (Wildman–Crippen MR) is 322 cm³/mol. The minimum Gasteiger partial charge on any atom is -0.394 e. The van der Waals surface area contributed by atoms with Crippen LogP contribution in [-0.4, -0.2) is 265 Å². The fourth-order valence-corrected chi connectivity index (χ4v) is 18.0. The molecule has 4 rings (SSSR count). The Morgan fingerprint density at radius 1 is 0.321 bits per heavy atom. The fraction of sp³-hybridized carbons (Fsp3) is 1.00. The molecule has 0 aromatic rings. The van der Waals surface area contributed by atoms with Crippen molar-refractivity contribution in [1.29, 1.82) is 0 Å². The van der Waals surface area contributed by atoms with E-state index in [1.165, 1.54) is 134 Å². The van der Waals surface area contributed by atoms with Crippen molar-refractivity contribution < 1.29 is 109 Å². The molecule has 22 nitrogen and oxygen atoms in total. The smallest absolute Gasteiger partial charge is 0.187 e. The van der Waals surface area contributed by atoms with Crippen molar-refractivity contribution in [2.45, 2.75) is 309 Å². The van der Waals surface area contributed by atoms with Crippen LogP contribution in [0.15, 0.2) is 0 Å². The maximum Gasteiger partial charge on any atom is 0.187 e. The molecule has 4 saturated heterocycles. The normalized spacial score (nSPS) is 34.1. The number of aliphatic hydroxyl groups is 14. The first kappa shape index (κ1) is 76.5. The van der Waals surface area contributed by atoms with Crippen molar-refractivity contribution in [2.24, 2.45) is 0 Å². The van der Waals surface area contributed by atoms with E-state index >= 15 is 0 Å². The summed E-state index contributed by atoms with van der Waals surface area (Å²) in [6.45, 7) is 2.83. The summed E-state index contributed by atoms with van der Waals surface area (Å²) >= 11 is 3.98. The number of rotatable bonds is 47. The zero-order valence-electron chi connectivity index (χ0n) is 50.6. The minimum atomic E-state index is -1.74. The molecule has 0 unspecified atom stereocenters. The summed E-state index contributed by atoms with van der Waals surface area (Å²) in [6.07, 6.45) is -0.164. The molecule has 0 bridgehead atoms. The van der Waals surface area contributed by atoms with Gasteiger partial charge < -0.3 is 109 Å². The second-order valence-electron chi connectivity index (χ2n) is 24.2. The number of unbranched alkanes of at least 4 members (excludes halogenated alkanes) is 19. The molecule has 14 N–H and O–H groups in total. The first-order valence-corrected chi connectivity index (χ1v) is 37.5. The second-order valence-corrected chi connectivity index (χ2v) is 31.7. The highest BCUT2D eigenvalue weighted by atomic mass is 32.2. The lowest BCUT2D eigenvalue weighted by Crippen LogP contribution is -2.64. The van der Waals surface area contributed by atoms with Gasteiger partial charge in [-0.2, -0.15) is 23.5 Å². The molecule has 4 aliphatic heterocycles. The highest BCUT2D eigenvalue weighted by Crippen LogP contribution is 2.33. The first-order chi connectivity index (χ1) is 40.6. The van der Waals surface area contributed by atoms with Crippen LogP contribution in [0.2, 0.25) is 24.7 Å². The van der Waals surface area contributed by atoms with Gasteiger partial charge in [-0.1, -0.05) is 147 Å². The van der Waals surface area contributed by atoms with Gasteiger partial charge in [-0.15, -0.1) is 0 Å². The maximum atomic E-state index is 10.9. The van der Waals surface area contributed by atoms with Gasteiger partial charge in [-0.3, -0.25) is 0 Å².